The maximum absolute atomic E-state index is 12.7. The molecule has 1 amide bonds. The Labute approximate surface area is 179 Å². The number of aromatic nitrogens is 2. The van der Waals surface area contributed by atoms with Crippen LogP contribution in [-0.4, -0.2) is 28.5 Å². The number of benzene rings is 2. The summed E-state index contributed by atoms with van der Waals surface area (Å²) in [5.74, 6) is 0.712. The molecule has 2 N–H and O–H groups in total. The van der Waals surface area contributed by atoms with E-state index in [1.165, 1.54) is 28.7 Å². The number of aryl methyl sites for hydroxylation is 3. The number of carbonyl (C=O) groups excluding carboxylic acids is 1. The van der Waals surface area contributed by atoms with E-state index in [4.69, 9.17) is 4.74 Å². The molecule has 29 heavy (non-hydrogen) atoms. The number of nitrogens with one attached hydrogen (secondary N) is 2. The van der Waals surface area contributed by atoms with Gasteiger partial charge in [0.25, 0.3) is 0 Å². The molecule has 0 aliphatic rings. The molecule has 3 aromatic rings. The van der Waals surface area contributed by atoms with Gasteiger partial charge < -0.3 is 15.4 Å². The van der Waals surface area contributed by atoms with E-state index in [0.717, 1.165) is 32.6 Å². The van der Waals surface area contributed by atoms with E-state index in [1.54, 1.807) is 7.11 Å². The van der Waals surface area contributed by atoms with Gasteiger partial charge in [-0.15, -0.1) is 10.2 Å². The van der Waals surface area contributed by atoms with Crippen LogP contribution < -0.4 is 15.4 Å². The molecule has 1 atom stereocenters. The summed E-state index contributed by atoms with van der Waals surface area (Å²) in [6, 6.07) is 11.7. The molecule has 3 rings (SSSR count). The van der Waals surface area contributed by atoms with Gasteiger partial charge in [-0.25, -0.2) is 0 Å². The van der Waals surface area contributed by atoms with Crippen LogP contribution in [0.3, 0.4) is 0 Å². The number of hydrogen-bond donors (Lipinski definition) is 2. The molecule has 0 aliphatic carbocycles. The third-order valence-electron chi connectivity index (χ3n) is 4.30. The van der Waals surface area contributed by atoms with Crippen molar-refractivity contribution in [2.24, 2.45) is 0 Å². The van der Waals surface area contributed by atoms with E-state index in [0.29, 0.717) is 5.13 Å². The van der Waals surface area contributed by atoms with Gasteiger partial charge in [0.2, 0.25) is 11.0 Å². The van der Waals surface area contributed by atoms with Gasteiger partial charge in [-0.3, -0.25) is 4.79 Å². The number of nitrogens with zero attached hydrogens (tertiary/aromatic N) is 2. The number of rotatable bonds is 7. The molecule has 1 aromatic heterocycles. The largest absolute Gasteiger partial charge is 0.497 e. The van der Waals surface area contributed by atoms with E-state index < -0.39 is 0 Å². The Bertz CT molecular complexity index is 996. The van der Waals surface area contributed by atoms with Crippen LogP contribution in [0.25, 0.3) is 0 Å². The average molecular weight is 429 g/mol. The quantitative estimate of drug-likeness (QED) is 0.495. The van der Waals surface area contributed by atoms with Crippen LogP contribution in [0, 0.1) is 20.8 Å². The summed E-state index contributed by atoms with van der Waals surface area (Å²) in [7, 11) is 1.63. The van der Waals surface area contributed by atoms with Crippen LogP contribution in [0.4, 0.5) is 16.5 Å². The highest BCUT2D eigenvalue weighted by Crippen LogP contribution is 2.32. The Balaban J connectivity index is 1.62. The lowest BCUT2D eigenvalue weighted by Gasteiger charge is -2.15. The molecule has 8 heteroatoms. The third-order valence-corrected chi connectivity index (χ3v) is 6.32. The number of thioether (sulfide) groups is 1. The van der Waals surface area contributed by atoms with Crippen molar-refractivity contribution in [1.82, 2.24) is 10.2 Å². The number of ether oxygens (including phenoxy) is 1. The predicted molar refractivity (Wildman–Crippen MR) is 121 cm³/mol. The van der Waals surface area contributed by atoms with Crippen molar-refractivity contribution < 1.29 is 9.53 Å². The second-order valence-electron chi connectivity index (χ2n) is 6.75. The van der Waals surface area contributed by atoms with Crippen LogP contribution in [0.2, 0.25) is 0 Å². The number of methoxy groups -OCH3 is 1. The molecular weight excluding hydrogens is 404 g/mol. The highest BCUT2D eigenvalue weighted by molar-refractivity contribution is 8.02. The molecule has 6 nitrogen and oxygen atoms in total. The summed E-state index contributed by atoms with van der Waals surface area (Å²) in [5, 5.41) is 15.0. The Kier molecular flexibility index (Phi) is 6.76. The summed E-state index contributed by atoms with van der Waals surface area (Å²) < 4.78 is 5.96. The maximum Gasteiger partial charge on any atom is 0.237 e. The van der Waals surface area contributed by atoms with Gasteiger partial charge >= 0.3 is 0 Å². The van der Waals surface area contributed by atoms with E-state index >= 15 is 0 Å². The summed E-state index contributed by atoms with van der Waals surface area (Å²) in [6.07, 6.45) is 0. The first kappa shape index (κ1) is 21.1. The van der Waals surface area contributed by atoms with Gasteiger partial charge in [0, 0.05) is 17.4 Å². The lowest BCUT2D eigenvalue weighted by molar-refractivity contribution is -0.115. The molecule has 1 heterocycles. The molecule has 2 aromatic carbocycles. The van der Waals surface area contributed by atoms with E-state index in [-0.39, 0.29) is 11.2 Å². The van der Waals surface area contributed by atoms with E-state index in [1.807, 2.05) is 45.0 Å². The van der Waals surface area contributed by atoms with Crippen molar-refractivity contribution in [2.75, 3.05) is 17.7 Å². The van der Waals surface area contributed by atoms with Gasteiger partial charge in [-0.05, 0) is 51.0 Å². The SMILES string of the molecule is COc1cccc(Nc2nnc(SC(C)C(=O)Nc3c(C)cc(C)cc3C)s2)c1. The number of anilines is 3. The first-order valence-electron chi connectivity index (χ1n) is 9.15. The van der Waals surface area contributed by atoms with Gasteiger partial charge in [0.15, 0.2) is 4.34 Å². The summed E-state index contributed by atoms with van der Waals surface area (Å²) >= 11 is 2.80. The standard InChI is InChI=1S/C21H24N4O2S2/c1-12-9-13(2)18(14(3)10-12)23-19(26)15(4)28-21-25-24-20(29-21)22-16-7-6-8-17(11-16)27-5/h6-11,15H,1-5H3,(H,22,24)(H,23,26). The fourth-order valence-electron chi connectivity index (χ4n) is 2.94. The van der Waals surface area contributed by atoms with Crippen molar-refractivity contribution in [3.63, 3.8) is 0 Å². The summed E-state index contributed by atoms with van der Waals surface area (Å²) in [5.41, 5.74) is 5.06. The van der Waals surface area contributed by atoms with E-state index in [9.17, 15) is 4.79 Å². The molecule has 0 fully saturated rings. The zero-order valence-electron chi connectivity index (χ0n) is 17.1. The highest BCUT2D eigenvalue weighted by Gasteiger charge is 2.19. The number of carbonyl (C=O) groups is 1. The van der Waals surface area contributed by atoms with Crippen molar-refractivity contribution in [3.8, 4) is 5.75 Å². The molecule has 152 valence electrons. The zero-order valence-corrected chi connectivity index (χ0v) is 18.7. The summed E-state index contributed by atoms with van der Waals surface area (Å²) in [4.78, 5) is 12.7. The molecule has 0 radical (unpaired) electrons. The smallest absolute Gasteiger partial charge is 0.237 e. The maximum atomic E-state index is 12.7. The fraction of sp³-hybridized carbons (Fsp3) is 0.286. The monoisotopic (exact) mass is 428 g/mol. The van der Waals surface area contributed by atoms with Crippen molar-refractivity contribution in [1.29, 1.82) is 0 Å². The first-order chi connectivity index (χ1) is 13.9. The molecule has 0 saturated carbocycles. The Hall–Kier alpha value is -2.58. The zero-order chi connectivity index (χ0) is 21.0. The Morgan fingerprint density at radius 1 is 1.14 bits per heavy atom. The molecule has 0 bridgehead atoms. The third kappa shape index (κ3) is 5.48. The van der Waals surface area contributed by atoms with Crippen LogP contribution in [0.15, 0.2) is 40.7 Å². The minimum Gasteiger partial charge on any atom is -0.497 e. The second-order valence-corrected chi connectivity index (χ2v) is 9.32. The lowest BCUT2D eigenvalue weighted by Crippen LogP contribution is -2.23. The van der Waals surface area contributed by atoms with Crippen molar-refractivity contribution in [2.45, 2.75) is 37.3 Å². The van der Waals surface area contributed by atoms with E-state index in [2.05, 4.69) is 39.9 Å². The first-order valence-corrected chi connectivity index (χ1v) is 10.9. The van der Waals surface area contributed by atoms with Gasteiger partial charge in [0.05, 0.1) is 12.4 Å². The molecule has 1 unspecified atom stereocenters. The molecular formula is C21H24N4O2S2. The van der Waals surface area contributed by atoms with Gasteiger partial charge in [0.1, 0.15) is 5.75 Å². The van der Waals surface area contributed by atoms with Crippen LogP contribution in [-0.2, 0) is 4.79 Å². The number of amides is 1. The molecule has 0 spiro atoms. The number of hydrogen-bond acceptors (Lipinski definition) is 7. The van der Waals surface area contributed by atoms with Gasteiger partial charge in [-0.2, -0.15) is 0 Å². The topological polar surface area (TPSA) is 76.1 Å². The van der Waals surface area contributed by atoms with Crippen molar-refractivity contribution >= 4 is 45.5 Å². The highest BCUT2D eigenvalue weighted by atomic mass is 32.2. The van der Waals surface area contributed by atoms with Crippen molar-refractivity contribution in [3.05, 3.63) is 53.1 Å². The fourth-order valence-corrected chi connectivity index (χ4v) is 4.86. The van der Waals surface area contributed by atoms with Crippen LogP contribution >= 0.6 is 23.1 Å². The van der Waals surface area contributed by atoms with Crippen LogP contribution in [0.1, 0.15) is 23.6 Å². The lowest BCUT2D eigenvalue weighted by atomic mass is 10.1. The predicted octanol–water partition coefficient (Wildman–Crippen LogP) is 5.33. The Morgan fingerprint density at radius 2 is 1.86 bits per heavy atom. The Morgan fingerprint density at radius 3 is 2.55 bits per heavy atom. The van der Waals surface area contributed by atoms with Crippen LogP contribution in [0.5, 0.6) is 5.75 Å². The summed E-state index contributed by atoms with van der Waals surface area (Å²) in [6.45, 7) is 7.94. The normalized spacial score (nSPS) is 11.8. The second kappa shape index (κ2) is 9.28. The average Bonchev–Trinajstić information content (AvgIpc) is 3.11. The molecule has 0 aliphatic heterocycles. The molecule has 0 saturated heterocycles. The minimum absolute atomic E-state index is 0.0532. The minimum atomic E-state index is -0.298. The van der Waals surface area contributed by atoms with Gasteiger partial charge in [-0.1, -0.05) is 46.9 Å².